The third-order valence-corrected chi connectivity index (χ3v) is 24.4. The van der Waals surface area contributed by atoms with Crippen LogP contribution in [0.2, 0.25) is 23.2 Å². The number of aliphatic hydroxyl groups is 1. The lowest BCUT2D eigenvalue weighted by atomic mass is 9.93. The van der Waals surface area contributed by atoms with Gasteiger partial charge in [0.1, 0.15) is 43.1 Å². The monoisotopic (exact) mass is 1080 g/mol. The molecule has 76 heavy (non-hydrogen) atoms. The first-order valence-electron chi connectivity index (χ1n) is 25.3. The summed E-state index contributed by atoms with van der Waals surface area (Å²) in [6.07, 6.45) is -13.4. The van der Waals surface area contributed by atoms with Crippen LogP contribution in [-0.2, 0) is 51.7 Å². The predicted octanol–water partition coefficient (Wildman–Crippen LogP) is 5.54. The molecule has 2 saturated heterocycles. The van der Waals surface area contributed by atoms with Crippen LogP contribution in [-0.4, -0.2) is 148 Å². The van der Waals surface area contributed by atoms with Crippen LogP contribution in [0.4, 0.5) is 0 Å². The molecule has 4 aliphatic rings. The Hall–Kier alpha value is -6.24. The van der Waals surface area contributed by atoms with Crippen LogP contribution < -0.4 is 10.4 Å². The van der Waals surface area contributed by atoms with Gasteiger partial charge in [-0.25, -0.2) is 0 Å². The third-order valence-electron chi connectivity index (χ3n) is 14.9. The lowest BCUT2D eigenvalue weighted by Gasteiger charge is -2.53. The summed E-state index contributed by atoms with van der Waals surface area (Å²) >= 11 is 0. The SMILES string of the molecule is CC(=O)OC[C@H]1O[C@@H](O[C@H]2[C@H](O)[C@@H](N3C(=O)c4ccccc4C3=O)[C@H](O[Si](C)(C)C(C)(C)C)O[C@@H]2CO[Si](c2ccccc2)(c2ccccc2)C(C)(C)C)[C@H](N2C(=O)c3ccccc3C2=O)[C@@H](OC(C)=O)[C@@H]1OC(C)=O. The van der Waals surface area contributed by atoms with Crippen LogP contribution in [0.5, 0.6) is 0 Å². The number of benzene rings is 4. The quantitative estimate of drug-likeness (QED) is 0.0669. The summed E-state index contributed by atoms with van der Waals surface area (Å²) in [5, 5.41) is 14.2. The Balaban J connectivity index is 1.33. The Labute approximate surface area is 444 Å². The number of ether oxygens (including phenoxy) is 6. The van der Waals surface area contributed by atoms with Crippen molar-refractivity contribution < 1.29 is 75.9 Å². The number of carbonyl (C=O) groups excluding carboxylic acids is 7. The van der Waals surface area contributed by atoms with Gasteiger partial charge in [-0.2, -0.15) is 0 Å². The maximum Gasteiger partial charge on any atom is 0.303 e. The minimum absolute atomic E-state index is 0.00665. The molecule has 1 N–H and O–H groups in total. The van der Waals surface area contributed by atoms with Gasteiger partial charge in [-0.3, -0.25) is 43.4 Å². The summed E-state index contributed by atoms with van der Waals surface area (Å²) in [6, 6.07) is 28.3. The van der Waals surface area contributed by atoms with Crippen LogP contribution in [0.15, 0.2) is 109 Å². The zero-order valence-corrected chi connectivity index (χ0v) is 46.5. The van der Waals surface area contributed by atoms with Crippen molar-refractivity contribution in [2.75, 3.05) is 13.2 Å². The molecule has 8 rings (SSSR count). The van der Waals surface area contributed by atoms with Crippen LogP contribution >= 0.6 is 0 Å². The number of imide groups is 2. The van der Waals surface area contributed by atoms with E-state index in [0.29, 0.717) is 0 Å². The topological polar surface area (TPSA) is 220 Å². The van der Waals surface area contributed by atoms with E-state index in [1.54, 1.807) is 24.3 Å². The molecule has 18 nitrogen and oxygen atoms in total. The zero-order valence-electron chi connectivity index (χ0n) is 44.5. The van der Waals surface area contributed by atoms with Gasteiger partial charge in [-0.15, -0.1) is 0 Å². The molecule has 0 aliphatic carbocycles. The van der Waals surface area contributed by atoms with Gasteiger partial charge < -0.3 is 42.4 Å². The molecule has 4 heterocycles. The van der Waals surface area contributed by atoms with E-state index in [1.165, 1.54) is 24.3 Å². The number of fused-ring (bicyclic) bond motifs is 2. The van der Waals surface area contributed by atoms with Gasteiger partial charge in [0, 0.05) is 20.8 Å². The second-order valence-electron chi connectivity index (χ2n) is 22.0. The predicted molar refractivity (Wildman–Crippen MR) is 279 cm³/mol. The fourth-order valence-electron chi connectivity index (χ4n) is 10.4. The molecule has 0 bridgehead atoms. The number of rotatable bonds is 15. The highest BCUT2D eigenvalue weighted by Crippen LogP contribution is 2.44. The first-order valence-corrected chi connectivity index (χ1v) is 30.1. The number of nitrogens with zero attached hydrogens (tertiary/aromatic N) is 2. The highest BCUT2D eigenvalue weighted by molar-refractivity contribution is 6.99. The fraction of sp³-hybridized carbons (Fsp3) is 0.446. The molecule has 4 aromatic rings. The van der Waals surface area contributed by atoms with Crippen molar-refractivity contribution in [3.05, 3.63) is 131 Å². The summed E-state index contributed by atoms with van der Waals surface area (Å²) in [4.78, 5) is 99.0. The second kappa shape index (κ2) is 21.7. The molecule has 0 aromatic heterocycles. The van der Waals surface area contributed by atoms with Gasteiger partial charge >= 0.3 is 17.9 Å². The number of esters is 3. The minimum Gasteiger partial charge on any atom is -0.463 e. The van der Waals surface area contributed by atoms with Crippen LogP contribution in [0.25, 0.3) is 0 Å². The molecular formula is C56H66N2O16Si2. The van der Waals surface area contributed by atoms with Crippen molar-refractivity contribution >= 4 is 68.5 Å². The second-order valence-corrected chi connectivity index (χ2v) is 31.1. The van der Waals surface area contributed by atoms with Crippen molar-refractivity contribution in [2.24, 2.45) is 0 Å². The van der Waals surface area contributed by atoms with Crippen molar-refractivity contribution in [3.63, 3.8) is 0 Å². The largest absolute Gasteiger partial charge is 0.463 e. The van der Waals surface area contributed by atoms with Gasteiger partial charge in [-0.1, -0.05) is 126 Å². The molecule has 4 amide bonds. The molecule has 4 aliphatic heterocycles. The maximum absolute atomic E-state index is 14.7. The van der Waals surface area contributed by atoms with Gasteiger partial charge in [0.05, 0.1) is 28.9 Å². The van der Waals surface area contributed by atoms with Gasteiger partial charge in [0.15, 0.2) is 33.1 Å². The molecule has 0 saturated carbocycles. The van der Waals surface area contributed by atoms with E-state index in [4.69, 9.17) is 37.3 Å². The Morgan fingerprint density at radius 1 is 0.539 bits per heavy atom. The first-order chi connectivity index (χ1) is 35.8. The zero-order chi connectivity index (χ0) is 55.2. The number of aliphatic hydroxyl groups excluding tert-OH is 1. The highest BCUT2D eigenvalue weighted by Gasteiger charge is 2.62. The van der Waals surface area contributed by atoms with E-state index in [1.807, 2.05) is 94.5 Å². The van der Waals surface area contributed by atoms with E-state index < -0.39 is 136 Å². The third kappa shape index (κ3) is 10.5. The summed E-state index contributed by atoms with van der Waals surface area (Å²) in [6.45, 7) is 18.5. The summed E-state index contributed by atoms with van der Waals surface area (Å²) in [5.41, 5.74) is 0.145. The highest BCUT2D eigenvalue weighted by atomic mass is 28.4. The minimum atomic E-state index is -3.47. The molecule has 20 heteroatoms. The normalized spacial score (nSPS) is 26.0. The van der Waals surface area contributed by atoms with Crippen molar-refractivity contribution in [1.82, 2.24) is 9.80 Å². The maximum atomic E-state index is 14.7. The Morgan fingerprint density at radius 3 is 1.37 bits per heavy atom. The lowest BCUT2D eigenvalue weighted by Crippen LogP contribution is -2.72. The number of hydrogen-bond acceptors (Lipinski definition) is 16. The van der Waals surface area contributed by atoms with Gasteiger partial charge in [0.25, 0.3) is 31.9 Å². The summed E-state index contributed by atoms with van der Waals surface area (Å²) < 4.78 is 52.5. The smallest absolute Gasteiger partial charge is 0.303 e. The summed E-state index contributed by atoms with van der Waals surface area (Å²) in [7, 11) is -6.44. The molecule has 0 spiro atoms. The van der Waals surface area contributed by atoms with Gasteiger partial charge in [0.2, 0.25) is 0 Å². The standard InChI is InChI=1S/C56H66N2O16Si2/c1-32(59)67-30-41-47(69-33(2)60)48(70-34(3)61)44(58-51(65)39-28-20-21-29-40(39)52(58)66)53(71-41)73-46-42(31-68-76(56(7,8)9,35-22-14-12-15-23-35)36-24-16-13-17-25-36)72-54(74-75(10,11)55(4,5)6)43(45(46)62)57-49(63)37-26-18-19-27-38(37)50(57)64/h12-29,41-48,53-54,62H,30-31H2,1-11H3/t41-,42-,43-,44-,45-,46-,47-,48-,53+,54+/m1/s1. The molecule has 404 valence electrons. The molecule has 10 atom stereocenters. The molecule has 2 fully saturated rings. The van der Waals surface area contributed by atoms with Crippen LogP contribution in [0, 0.1) is 0 Å². The van der Waals surface area contributed by atoms with Crippen LogP contribution in [0.3, 0.4) is 0 Å². The fourth-order valence-corrected chi connectivity index (χ4v) is 16.1. The Morgan fingerprint density at radius 2 is 0.947 bits per heavy atom. The van der Waals surface area contributed by atoms with Crippen molar-refractivity contribution in [3.8, 4) is 0 Å². The number of carbonyl (C=O) groups is 7. The van der Waals surface area contributed by atoms with E-state index in [-0.39, 0.29) is 28.9 Å². The number of hydrogen-bond donors (Lipinski definition) is 1. The Kier molecular flexibility index (Phi) is 15.9. The molecular weight excluding hydrogens is 1010 g/mol. The first kappa shape index (κ1) is 56.0. The van der Waals surface area contributed by atoms with Crippen molar-refractivity contribution in [2.45, 2.75) is 147 Å². The van der Waals surface area contributed by atoms with Gasteiger partial charge in [-0.05, 0) is 57.8 Å². The Bertz CT molecular complexity index is 2760. The average Bonchev–Trinajstić information content (AvgIpc) is 3.76. The molecule has 0 radical (unpaired) electrons. The van der Waals surface area contributed by atoms with Crippen LogP contribution in [0.1, 0.15) is 104 Å². The molecule has 0 unspecified atom stereocenters. The van der Waals surface area contributed by atoms with E-state index in [9.17, 15) is 38.7 Å². The van der Waals surface area contributed by atoms with Crippen molar-refractivity contribution in [1.29, 1.82) is 0 Å². The molecule has 4 aromatic carbocycles. The average molecular weight is 1080 g/mol. The van der Waals surface area contributed by atoms with E-state index in [0.717, 1.165) is 40.9 Å². The lowest BCUT2D eigenvalue weighted by molar-refractivity contribution is -0.335. The van der Waals surface area contributed by atoms with E-state index in [2.05, 4.69) is 20.8 Å². The number of amides is 4. The van der Waals surface area contributed by atoms with E-state index >= 15 is 0 Å². The summed E-state index contributed by atoms with van der Waals surface area (Å²) in [5.74, 6) is -5.75.